The molecule has 0 aliphatic heterocycles. The summed E-state index contributed by atoms with van der Waals surface area (Å²) in [5, 5.41) is 7.00. The fraction of sp³-hybridized carbons (Fsp3) is 1.00. The Morgan fingerprint density at radius 1 is 1.43 bits per heavy atom. The molecule has 7 heavy (non-hydrogen) atoms. The van der Waals surface area contributed by atoms with Crippen LogP contribution < -0.4 is 0 Å². The molecule has 0 saturated heterocycles. The third-order valence-electron chi connectivity index (χ3n) is 1.27. The lowest BCUT2D eigenvalue weighted by molar-refractivity contribution is 0.399. The van der Waals surface area contributed by atoms with Crippen LogP contribution in [0.15, 0.2) is 0 Å². The minimum atomic E-state index is 1.00. The molecule has 1 fully saturated rings. The van der Waals surface area contributed by atoms with Gasteiger partial charge in [0.1, 0.15) is 0 Å². The summed E-state index contributed by atoms with van der Waals surface area (Å²) in [4.78, 5) is 0. The highest BCUT2D eigenvalue weighted by Gasteiger charge is 2.17. The van der Waals surface area contributed by atoms with Gasteiger partial charge in [0.2, 0.25) is 0 Å². The lowest BCUT2D eigenvalue weighted by atomic mass is 10.3. The molecule has 1 aliphatic carbocycles. The monoisotopic (exact) mass is 102 g/mol. The molecule has 0 heterocycles. The topological polar surface area (TPSA) is 20.2 Å². The highest BCUT2D eigenvalue weighted by atomic mass is 16.2. The first-order valence-electron chi connectivity index (χ1n) is 2.88. The highest BCUT2D eigenvalue weighted by Crippen LogP contribution is 2.31. The van der Waals surface area contributed by atoms with E-state index in [1.807, 2.05) is 0 Å². The maximum atomic E-state index is 7.00. The van der Waals surface area contributed by atoms with Gasteiger partial charge in [0.05, 0.1) is 0 Å². The van der Waals surface area contributed by atoms with Crippen molar-refractivity contribution in [3.05, 3.63) is 0 Å². The van der Waals surface area contributed by atoms with E-state index in [4.69, 9.17) is 5.11 Å². The minimum Gasteiger partial charge on any atom is -0.400 e. The van der Waals surface area contributed by atoms with Crippen molar-refractivity contribution in [2.45, 2.75) is 26.2 Å². The average molecular weight is 102 g/mol. The summed E-state index contributed by atoms with van der Waals surface area (Å²) >= 11 is 0. The first-order valence-corrected chi connectivity index (χ1v) is 2.88. The van der Waals surface area contributed by atoms with E-state index in [1.54, 1.807) is 0 Å². The van der Waals surface area contributed by atoms with Crippen molar-refractivity contribution >= 4 is 0 Å². The Labute approximate surface area is 45.4 Å². The summed E-state index contributed by atoms with van der Waals surface area (Å²) in [7, 11) is 1.00. The van der Waals surface area contributed by atoms with Gasteiger partial charge in [-0.15, -0.1) is 0 Å². The van der Waals surface area contributed by atoms with Crippen LogP contribution in [0.2, 0.25) is 0 Å². The van der Waals surface area contributed by atoms with Gasteiger partial charge in [0.15, 0.2) is 0 Å². The summed E-state index contributed by atoms with van der Waals surface area (Å²) in [6.07, 6.45) is 4.44. The van der Waals surface area contributed by atoms with Gasteiger partial charge in [-0.25, -0.2) is 0 Å². The molecule has 1 rings (SSSR count). The molecule has 1 aliphatic rings. The maximum absolute atomic E-state index is 7.00. The second-order valence-corrected chi connectivity index (χ2v) is 1.85. The van der Waals surface area contributed by atoms with E-state index < -0.39 is 0 Å². The van der Waals surface area contributed by atoms with Crippen LogP contribution in [0.3, 0.4) is 0 Å². The van der Waals surface area contributed by atoms with E-state index in [2.05, 4.69) is 6.92 Å². The number of aliphatic hydroxyl groups excluding tert-OH is 1. The molecule has 0 radical (unpaired) electrons. The molecule has 0 aromatic carbocycles. The van der Waals surface area contributed by atoms with Gasteiger partial charge in [0, 0.05) is 7.11 Å². The van der Waals surface area contributed by atoms with Crippen LogP contribution in [0.25, 0.3) is 0 Å². The van der Waals surface area contributed by atoms with Gasteiger partial charge >= 0.3 is 0 Å². The van der Waals surface area contributed by atoms with E-state index >= 15 is 0 Å². The molecule has 0 aromatic heterocycles. The van der Waals surface area contributed by atoms with Crippen LogP contribution in [-0.2, 0) is 0 Å². The Hall–Kier alpha value is -0.0400. The molecule has 0 unspecified atom stereocenters. The zero-order chi connectivity index (χ0) is 5.70. The van der Waals surface area contributed by atoms with E-state index in [9.17, 15) is 0 Å². The van der Waals surface area contributed by atoms with Crippen molar-refractivity contribution in [1.82, 2.24) is 0 Å². The molecule has 0 spiro atoms. The molecule has 0 amide bonds. The number of hydrogen-bond acceptors (Lipinski definition) is 1. The maximum Gasteiger partial charge on any atom is 0.0319 e. The summed E-state index contributed by atoms with van der Waals surface area (Å²) in [6.45, 7) is 2.26. The van der Waals surface area contributed by atoms with E-state index in [0.717, 1.165) is 13.0 Å². The van der Waals surface area contributed by atoms with Gasteiger partial charge in [-0.2, -0.15) is 0 Å². The third-order valence-corrected chi connectivity index (χ3v) is 1.27. The number of rotatable bonds is 1. The second kappa shape index (κ2) is 4.13. The van der Waals surface area contributed by atoms with Gasteiger partial charge in [-0.1, -0.05) is 26.2 Å². The molecule has 0 atom stereocenters. The molecule has 0 aromatic rings. The van der Waals surface area contributed by atoms with Crippen LogP contribution in [-0.4, -0.2) is 12.2 Å². The Bertz CT molecular complexity index is 31.2. The predicted molar refractivity (Wildman–Crippen MR) is 31.2 cm³/mol. The normalized spacial score (nSPS) is 17.6. The van der Waals surface area contributed by atoms with E-state index in [0.29, 0.717) is 0 Å². The second-order valence-electron chi connectivity index (χ2n) is 1.85. The van der Waals surface area contributed by atoms with Crippen LogP contribution in [0.1, 0.15) is 26.2 Å². The lowest BCUT2D eigenvalue weighted by Crippen LogP contribution is -1.59. The smallest absolute Gasteiger partial charge is 0.0319 e. The van der Waals surface area contributed by atoms with Gasteiger partial charge in [-0.3, -0.25) is 0 Å². The van der Waals surface area contributed by atoms with Crippen molar-refractivity contribution in [3.63, 3.8) is 0 Å². The number of hydrogen-bond donors (Lipinski definition) is 1. The lowest BCUT2D eigenvalue weighted by Gasteiger charge is -1.72. The predicted octanol–water partition coefficient (Wildman–Crippen LogP) is 1.41. The van der Waals surface area contributed by atoms with Gasteiger partial charge in [0.25, 0.3) is 0 Å². The van der Waals surface area contributed by atoms with Crippen molar-refractivity contribution in [2.75, 3.05) is 7.11 Å². The standard InChI is InChI=1S/C5H10.CH4O/c1-2-5-3-4-5;1-2/h5H,2-4H2,1H3;2H,1H3. The number of aliphatic hydroxyl groups is 1. The molecule has 1 saturated carbocycles. The molecule has 44 valence electrons. The zero-order valence-electron chi connectivity index (χ0n) is 5.15. The van der Waals surface area contributed by atoms with Crippen molar-refractivity contribution in [1.29, 1.82) is 0 Å². The fourth-order valence-electron chi connectivity index (χ4n) is 0.526. The highest BCUT2D eigenvalue weighted by molar-refractivity contribution is 4.69. The molecule has 1 N–H and O–H groups in total. The summed E-state index contributed by atoms with van der Waals surface area (Å²) in [5.74, 6) is 1.13. The van der Waals surface area contributed by atoms with Crippen molar-refractivity contribution < 1.29 is 5.11 Å². The van der Waals surface area contributed by atoms with Gasteiger partial charge < -0.3 is 5.11 Å². The fourth-order valence-corrected chi connectivity index (χ4v) is 0.526. The van der Waals surface area contributed by atoms with Crippen LogP contribution in [0.5, 0.6) is 0 Å². The molecule has 0 bridgehead atoms. The van der Waals surface area contributed by atoms with Crippen LogP contribution in [0, 0.1) is 5.92 Å². The quantitative estimate of drug-likeness (QED) is 0.530. The van der Waals surface area contributed by atoms with Crippen molar-refractivity contribution in [3.8, 4) is 0 Å². The van der Waals surface area contributed by atoms with Crippen LogP contribution >= 0.6 is 0 Å². The Balaban J connectivity index is 0.000000162. The Morgan fingerprint density at radius 3 is 1.86 bits per heavy atom. The molecule has 1 nitrogen and oxygen atoms in total. The summed E-state index contributed by atoms with van der Waals surface area (Å²) < 4.78 is 0. The first-order chi connectivity index (χ1) is 3.43. The third kappa shape index (κ3) is 3.80. The summed E-state index contributed by atoms with van der Waals surface area (Å²) in [5.41, 5.74) is 0. The van der Waals surface area contributed by atoms with E-state index in [1.165, 1.54) is 19.3 Å². The largest absolute Gasteiger partial charge is 0.400 e. The van der Waals surface area contributed by atoms with Crippen molar-refractivity contribution in [2.24, 2.45) is 5.92 Å². The molecular weight excluding hydrogens is 88.1 g/mol. The average Bonchev–Trinajstić information content (AvgIpc) is 2.52. The van der Waals surface area contributed by atoms with Crippen LogP contribution in [0.4, 0.5) is 0 Å². The Kier molecular flexibility index (Phi) is 4.10. The molecular formula is C6H14O. The summed E-state index contributed by atoms with van der Waals surface area (Å²) in [6, 6.07) is 0. The minimum absolute atomic E-state index is 1.00. The SMILES string of the molecule is CCC1CC1.CO. The molecule has 1 heteroatoms. The zero-order valence-corrected chi connectivity index (χ0v) is 5.15. The van der Waals surface area contributed by atoms with Gasteiger partial charge in [-0.05, 0) is 5.92 Å². The Morgan fingerprint density at radius 2 is 1.86 bits per heavy atom. The van der Waals surface area contributed by atoms with E-state index in [-0.39, 0.29) is 0 Å². The first kappa shape index (κ1) is 6.96.